The molecule has 2 rings (SSSR count). The number of nitrogens with zero attached hydrogens (tertiary/aromatic N) is 2. The molecule has 1 aliphatic heterocycles. The molecule has 1 fully saturated rings. The van der Waals surface area contributed by atoms with Gasteiger partial charge in [-0.2, -0.15) is 0 Å². The van der Waals surface area contributed by atoms with Gasteiger partial charge in [0.15, 0.2) is 0 Å². The number of nitrogens with two attached hydrogens (primary N) is 1. The summed E-state index contributed by atoms with van der Waals surface area (Å²) < 4.78 is 0. The molecule has 3 nitrogen and oxygen atoms in total. The van der Waals surface area contributed by atoms with E-state index >= 15 is 0 Å². The van der Waals surface area contributed by atoms with Crippen LogP contribution in [0, 0.1) is 0 Å². The van der Waals surface area contributed by atoms with Gasteiger partial charge in [-0.1, -0.05) is 23.2 Å². The van der Waals surface area contributed by atoms with E-state index in [9.17, 15) is 0 Å². The number of rotatable bonds is 1. The van der Waals surface area contributed by atoms with Crippen LogP contribution in [0.4, 0.5) is 11.4 Å². The first-order valence-electron chi connectivity index (χ1n) is 6.11. The first-order chi connectivity index (χ1) is 8.40. The third-order valence-electron chi connectivity index (χ3n) is 3.72. The van der Waals surface area contributed by atoms with E-state index < -0.39 is 0 Å². The summed E-state index contributed by atoms with van der Waals surface area (Å²) in [6.45, 7) is 6.26. The molecule has 1 aromatic carbocycles. The number of hydrogen-bond acceptors (Lipinski definition) is 3. The summed E-state index contributed by atoms with van der Waals surface area (Å²) in [6.07, 6.45) is 0. The van der Waals surface area contributed by atoms with Crippen molar-refractivity contribution < 1.29 is 0 Å². The normalized spacial score (nSPS) is 25.5. The van der Waals surface area contributed by atoms with Crippen LogP contribution >= 0.6 is 23.2 Å². The highest BCUT2D eigenvalue weighted by molar-refractivity contribution is 6.39. The fourth-order valence-electron chi connectivity index (χ4n) is 2.47. The molecule has 100 valence electrons. The summed E-state index contributed by atoms with van der Waals surface area (Å²) >= 11 is 12.6. The van der Waals surface area contributed by atoms with E-state index in [1.54, 1.807) is 12.1 Å². The molecule has 2 unspecified atom stereocenters. The first-order valence-corrected chi connectivity index (χ1v) is 6.87. The molecule has 1 saturated heterocycles. The topological polar surface area (TPSA) is 32.5 Å². The van der Waals surface area contributed by atoms with Gasteiger partial charge in [0.25, 0.3) is 0 Å². The Labute approximate surface area is 118 Å². The Balaban J connectivity index is 2.32. The number of likely N-dealkylation sites (N-methyl/N-ethyl adjacent to an activating group) is 1. The third kappa shape index (κ3) is 2.53. The number of benzene rings is 1. The standard InChI is InChI=1S/C13H19Cl2N3/c1-8-6-18(7-9(2)17(8)3)13-11(14)4-10(16)5-12(13)15/h4-5,8-9H,6-7,16H2,1-3H3. The average molecular weight is 288 g/mol. The molecule has 2 N–H and O–H groups in total. The van der Waals surface area contributed by atoms with Crippen molar-refractivity contribution in [2.75, 3.05) is 30.8 Å². The van der Waals surface area contributed by atoms with Gasteiger partial charge in [-0.15, -0.1) is 0 Å². The van der Waals surface area contributed by atoms with E-state index in [2.05, 4.69) is 30.7 Å². The lowest BCUT2D eigenvalue weighted by molar-refractivity contribution is 0.170. The summed E-state index contributed by atoms with van der Waals surface area (Å²) in [6, 6.07) is 4.46. The van der Waals surface area contributed by atoms with Gasteiger partial charge in [0.1, 0.15) is 0 Å². The van der Waals surface area contributed by atoms with E-state index in [1.165, 1.54) is 0 Å². The zero-order valence-corrected chi connectivity index (χ0v) is 12.5. The number of halogens is 2. The largest absolute Gasteiger partial charge is 0.399 e. The minimum absolute atomic E-state index is 0.471. The van der Waals surface area contributed by atoms with Crippen LogP contribution in [0.5, 0.6) is 0 Å². The Hall–Kier alpha value is -0.640. The lowest BCUT2D eigenvalue weighted by Crippen LogP contribution is -2.55. The zero-order chi connectivity index (χ0) is 13.4. The summed E-state index contributed by atoms with van der Waals surface area (Å²) in [7, 11) is 2.15. The van der Waals surface area contributed by atoms with E-state index in [0.29, 0.717) is 27.8 Å². The van der Waals surface area contributed by atoms with Crippen molar-refractivity contribution in [3.05, 3.63) is 22.2 Å². The quantitative estimate of drug-likeness (QED) is 0.806. The van der Waals surface area contributed by atoms with Crippen molar-refractivity contribution in [1.29, 1.82) is 0 Å². The van der Waals surface area contributed by atoms with Gasteiger partial charge < -0.3 is 10.6 Å². The zero-order valence-electron chi connectivity index (χ0n) is 11.0. The Kier molecular flexibility index (Phi) is 3.95. The van der Waals surface area contributed by atoms with Gasteiger partial charge in [-0.3, -0.25) is 4.90 Å². The van der Waals surface area contributed by atoms with Crippen LogP contribution in [0.2, 0.25) is 10.0 Å². The molecule has 0 radical (unpaired) electrons. The smallest absolute Gasteiger partial charge is 0.0747 e. The average Bonchev–Trinajstić information content (AvgIpc) is 2.24. The maximum Gasteiger partial charge on any atom is 0.0747 e. The highest BCUT2D eigenvalue weighted by Crippen LogP contribution is 2.37. The summed E-state index contributed by atoms with van der Waals surface area (Å²) in [4.78, 5) is 4.62. The first kappa shape index (κ1) is 13.8. The second kappa shape index (κ2) is 5.16. The highest BCUT2D eigenvalue weighted by Gasteiger charge is 2.28. The van der Waals surface area contributed by atoms with Gasteiger partial charge >= 0.3 is 0 Å². The fourth-order valence-corrected chi connectivity index (χ4v) is 3.22. The molecule has 2 atom stereocenters. The van der Waals surface area contributed by atoms with Gasteiger partial charge in [0, 0.05) is 30.9 Å². The van der Waals surface area contributed by atoms with Crippen LogP contribution in [0.3, 0.4) is 0 Å². The molecule has 0 aliphatic carbocycles. The molecular formula is C13H19Cl2N3. The molecule has 0 saturated carbocycles. The SMILES string of the molecule is CC1CN(c2c(Cl)cc(N)cc2Cl)CC(C)N1C. The van der Waals surface area contributed by atoms with Crippen molar-refractivity contribution in [3.8, 4) is 0 Å². The van der Waals surface area contributed by atoms with E-state index in [-0.39, 0.29) is 0 Å². The highest BCUT2D eigenvalue weighted by atomic mass is 35.5. The Morgan fingerprint density at radius 2 is 1.56 bits per heavy atom. The molecule has 0 spiro atoms. The molecule has 1 aliphatic rings. The predicted octanol–water partition coefficient (Wildman–Crippen LogP) is 3.10. The Morgan fingerprint density at radius 3 is 2.00 bits per heavy atom. The monoisotopic (exact) mass is 287 g/mol. The Bertz CT molecular complexity index is 415. The van der Waals surface area contributed by atoms with Crippen molar-refractivity contribution in [2.45, 2.75) is 25.9 Å². The minimum atomic E-state index is 0.471. The fraction of sp³-hybridized carbons (Fsp3) is 0.538. The summed E-state index contributed by atoms with van der Waals surface area (Å²) in [5, 5.41) is 1.26. The van der Waals surface area contributed by atoms with Crippen LogP contribution < -0.4 is 10.6 Å². The second-order valence-electron chi connectivity index (χ2n) is 5.10. The molecule has 1 heterocycles. The number of hydrogen-bond donors (Lipinski definition) is 1. The lowest BCUT2D eigenvalue weighted by atomic mass is 10.1. The van der Waals surface area contributed by atoms with Crippen LogP contribution in [0.25, 0.3) is 0 Å². The number of anilines is 2. The van der Waals surface area contributed by atoms with Gasteiger partial charge in [0.05, 0.1) is 15.7 Å². The second-order valence-corrected chi connectivity index (χ2v) is 5.92. The molecule has 1 aromatic rings. The molecule has 0 bridgehead atoms. The molecule has 5 heteroatoms. The van der Waals surface area contributed by atoms with Crippen LogP contribution in [0.15, 0.2) is 12.1 Å². The van der Waals surface area contributed by atoms with Crippen molar-refractivity contribution >= 4 is 34.6 Å². The number of piperazine rings is 1. The van der Waals surface area contributed by atoms with E-state index in [4.69, 9.17) is 28.9 Å². The van der Waals surface area contributed by atoms with E-state index in [1.807, 2.05) is 0 Å². The van der Waals surface area contributed by atoms with Crippen molar-refractivity contribution in [3.63, 3.8) is 0 Å². The van der Waals surface area contributed by atoms with Gasteiger partial charge in [-0.25, -0.2) is 0 Å². The van der Waals surface area contributed by atoms with Crippen LogP contribution in [-0.4, -0.2) is 37.1 Å². The van der Waals surface area contributed by atoms with E-state index in [0.717, 1.165) is 18.8 Å². The lowest BCUT2D eigenvalue weighted by Gasteiger charge is -2.44. The molecule has 0 aromatic heterocycles. The third-order valence-corrected chi connectivity index (χ3v) is 4.29. The maximum atomic E-state index is 6.28. The Morgan fingerprint density at radius 1 is 1.11 bits per heavy atom. The van der Waals surface area contributed by atoms with Crippen LogP contribution in [0.1, 0.15) is 13.8 Å². The van der Waals surface area contributed by atoms with Crippen LogP contribution in [-0.2, 0) is 0 Å². The number of nitrogen functional groups attached to an aromatic ring is 1. The minimum Gasteiger partial charge on any atom is -0.399 e. The molecular weight excluding hydrogens is 269 g/mol. The molecule has 18 heavy (non-hydrogen) atoms. The predicted molar refractivity (Wildman–Crippen MR) is 79.8 cm³/mol. The van der Waals surface area contributed by atoms with Gasteiger partial charge in [0.2, 0.25) is 0 Å². The summed E-state index contributed by atoms with van der Waals surface area (Å²) in [5.41, 5.74) is 7.24. The van der Waals surface area contributed by atoms with Crippen molar-refractivity contribution in [2.24, 2.45) is 0 Å². The summed E-state index contributed by atoms with van der Waals surface area (Å²) in [5.74, 6) is 0. The van der Waals surface area contributed by atoms with Crippen molar-refractivity contribution in [1.82, 2.24) is 4.90 Å². The maximum absolute atomic E-state index is 6.28. The molecule has 0 amide bonds. The van der Waals surface area contributed by atoms with Gasteiger partial charge in [-0.05, 0) is 33.0 Å².